The molecule has 0 aliphatic carbocycles. The Labute approximate surface area is 134 Å². The molecule has 1 rings (SSSR count). The molecule has 1 atom stereocenters. The lowest BCUT2D eigenvalue weighted by molar-refractivity contribution is -0.129. The van der Waals surface area contributed by atoms with Crippen molar-refractivity contribution in [3.63, 3.8) is 0 Å². The maximum Gasteiger partial charge on any atom is 0.261 e. The van der Waals surface area contributed by atoms with Gasteiger partial charge in [0.1, 0.15) is 0 Å². The maximum atomic E-state index is 12.5. The summed E-state index contributed by atoms with van der Waals surface area (Å²) in [6, 6.07) is 7.53. The standard InChI is InChI=1S/C18H29NO3/c1-7-14(18(20)19-17(12(2)3)13(4)5)22-16-11-9-8-10-15(16)21-6/h8-14,17H,7H2,1-6H3,(H,19,20)/t14-/m0/s1. The van der Waals surface area contributed by atoms with Gasteiger partial charge in [0.2, 0.25) is 0 Å². The summed E-state index contributed by atoms with van der Waals surface area (Å²) in [7, 11) is 1.59. The van der Waals surface area contributed by atoms with Gasteiger partial charge < -0.3 is 14.8 Å². The number of methoxy groups -OCH3 is 1. The molecule has 4 heteroatoms. The molecule has 1 aromatic rings. The van der Waals surface area contributed by atoms with Crippen molar-refractivity contribution < 1.29 is 14.3 Å². The molecule has 0 fully saturated rings. The van der Waals surface area contributed by atoms with E-state index in [2.05, 4.69) is 33.0 Å². The first-order valence-corrected chi connectivity index (χ1v) is 8.00. The Hall–Kier alpha value is -1.71. The van der Waals surface area contributed by atoms with E-state index >= 15 is 0 Å². The summed E-state index contributed by atoms with van der Waals surface area (Å²) in [6.45, 7) is 10.4. The number of carbonyl (C=O) groups excluding carboxylic acids is 1. The molecule has 0 aliphatic rings. The van der Waals surface area contributed by atoms with Gasteiger partial charge in [-0.2, -0.15) is 0 Å². The van der Waals surface area contributed by atoms with E-state index in [1.54, 1.807) is 7.11 Å². The van der Waals surface area contributed by atoms with E-state index in [9.17, 15) is 4.79 Å². The Bertz CT molecular complexity index is 463. The molecule has 22 heavy (non-hydrogen) atoms. The van der Waals surface area contributed by atoms with Crippen LogP contribution in [0.4, 0.5) is 0 Å². The molecule has 1 amide bonds. The number of nitrogens with one attached hydrogen (secondary N) is 1. The maximum absolute atomic E-state index is 12.5. The molecule has 1 N–H and O–H groups in total. The van der Waals surface area contributed by atoms with Crippen LogP contribution in [0.2, 0.25) is 0 Å². The van der Waals surface area contributed by atoms with Crippen molar-refractivity contribution in [3.05, 3.63) is 24.3 Å². The van der Waals surface area contributed by atoms with Gasteiger partial charge in [-0.1, -0.05) is 46.8 Å². The van der Waals surface area contributed by atoms with E-state index in [1.165, 1.54) is 0 Å². The van der Waals surface area contributed by atoms with Gasteiger partial charge in [0, 0.05) is 6.04 Å². The number of rotatable bonds is 8. The van der Waals surface area contributed by atoms with Crippen LogP contribution in [0.25, 0.3) is 0 Å². The lowest BCUT2D eigenvalue weighted by atomic mass is 9.93. The third kappa shape index (κ3) is 4.93. The highest BCUT2D eigenvalue weighted by Gasteiger charge is 2.25. The summed E-state index contributed by atoms with van der Waals surface area (Å²) in [5.74, 6) is 1.93. The summed E-state index contributed by atoms with van der Waals surface area (Å²) in [5, 5.41) is 3.12. The molecular weight excluding hydrogens is 278 g/mol. The predicted molar refractivity (Wildman–Crippen MR) is 89.3 cm³/mol. The van der Waals surface area contributed by atoms with E-state index in [1.807, 2.05) is 31.2 Å². The van der Waals surface area contributed by atoms with Crippen LogP contribution >= 0.6 is 0 Å². The Balaban J connectivity index is 2.80. The Morgan fingerprint density at radius 2 is 1.64 bits per heavy atom. The van der Waals surface area contributed by atoms with Gasteiger partial charge in [-0.15, -0.1) is 0 Å². The molecule has 0 radical (unpaired) electrons. The van der Waals surface area contributed by atoms with Crippen molar-refractivity contribution >= 4 is 5.91 Å². The largest absolute Gasteiger partial charge is 0.493 e. The fourth-order valence-corrected chi connectivity index (χ4v) is 2.55. The van der Waals surface area contributed by atoms with Crippen molar-refractivity contribution in [2.75, 3.05) is 7.11 Å². The Morgan fingerprint density at radius 3 is 2.09 bits per heavy atom. The number of carbonyl (C=O) groups is 1. The third-order valence-electron chi connectivity index (χ3n) is 3.75. The lowest BCUT2D eigenvalue weighted by Crippen LogP contribution is -2.48. The van der Waals surface area contributed by atoms with Gasteiger partial charge in [0.25, 0.3) is 5.91 Å². The second-order valence-corrected chi connectivity index (χ2v) is 6.19. The topological polar surface area (TPSA) is 47.6 Å². The van der Waals surface area contributed by atoms with Gasteiger partial charge in [-0.25, -0.2) is 0 Å². The zero-order valence-electron chi connectivity index (χ0n) is 14.6. The second kappa shape index (κ2) is 8.66. The minimum Gasteiger partial charge on any atom is -0.493 e. The second-order valence-electron chi connectivity index (χ2n) is 6.19. The third-order valence-corrected chi connectivity index (χ3v) is 3.75. The van der Waals surface area contributed by atoms with E-state index < -0.39 is 6.10 Å². The van der Waals surface area contributed by atoms with Crippen LogP contribution in [0.3, 0.4) is 0 Å². The van der Waals surface area contributed by atoms with E-state index in [0.29, 0.717) is 29.8 Å². The molecule has 0 saturated heterocycles. The quantitative estimate of drug-likeness (QED) is 0.797. The molecule has 4 nitrogen and oxygen atoms in total. The SMILES string of the molecule is CC[C@H](Oc1ccccc1OC)C(=O)NC(C(C)C)C(C)C. The molecule has 1 aromatic carbocycles. The molecule has 0 heterocycles. The van der Waals surface area contributed by atoms with Crippen LogP contribution < -0.4 is 14.8 Å². The predicted octanol–water partition coefficient (Wildman–Crippen LogP) is 3.65. The van der Waals surface area contributed by atoms with E-state index in [4.69, 9.17) is 9.47 Å². The van der Waals surface area contributed by atoms with Gasteiger partial charge in [-0.3, -0.25) is 4.79 Å². The molecule has 0 aromatic heterocycles. The summed E-state index contributed by atoms with van der Waals surface area (Å²) in [6.07, 6.45) is 0.0866. The highest BCUT2D eigenvalue weighted by atomic mass is 16.5. The van der Waals surface area contributed by atoms with Crippen molar-refractivity contribution in [2.45, 2.75) is 53.2 Å². The Morgan fingerprint density at radius 1 is 1.09 bits per heavy atom. The Kier molecular flexibility index (Phi) is 7.22. The number of ether oxygens (including phenoxy) is 2. The van der Waals surface area contributed by atoms with Crippen LogP contribution in [-0.2, 0) is 4.79 Å². The van der Waals surface area contributed by atoms with Crippen LogP contribution in [-0.4, -0.2) is 25.2 Å². The van der Waals surface area contributed by atoms with Crippen molar-refractivity contribution in [1.29, 1.82) is 0 Å². The molecule has 0 aliphatic heterocycles. The fraction of sp³-hybridized carbons (Fsp3) is 0.611. The van der Waals surface area contributed by atoms with Crippen molar-refractivity contribution in [1.82, 2.24) is 5.32 Å². The van der Waals surface area contributed by atoms with Crippen molar-refractivity contribution in [2.24, 2.45) is 11.8 Å². The van der Waals surface area contributed by atoms with Crippen molar-refractivity contribution in [3.8, 4) is 11.5 Å². The zero-order valence-corrected chi connectivity index (χ0v) is 14.6. The summed E-state index contributed by atoms with van der Waals surface area (Å²) in [5.41, 5.74) is 0. The first-order valence-electron chi connectivity index (χ1n) is 8.00. The normalized spacial score (nSPS) is 12.6. The molecule has 0 spiro atoms. The highest BCUT2D eigenvalue weighted by molar-refractivity contribution is 5.81. The average Bonchev–Trinajstić information content (AvgIpc) is 2.49. The summed E-state index contributed by atoms with van der Waals surface area (Å²) >= 11 is 0. The number of benzene rings is 1. The number of hydrogen-bond donors (Lipinski definition) is 1. The van der Waals surface area contributed by atoms with Gasteiger partial charge in [0.05, 0.1) is 7.11 Å². The fourth-order valence-electron chi connectivity index (χ4n) is 2.55. The average molecular weight is 307 g/mol. The summed E-state index contributed by atoms with van der Waals surface area (Å²) in [4.78, 5) is 12.5. The molecular formula is C18H29NO3. The van der Waals surface area contributed by atoms with Crippen LogP contribution in [0.15, 0.2) is 24.3 Å². The lowest BCUT2D eigenvalue weighted by Gasteiger charge is -2.28. The number of amides is 1. The molecule has 124 valence electrons. The summed E-state index contributed by atoms with van der Waals surface area (Å²) < 4.78 is 11.1. The van der Waals surface area contributed by atoms with Gasteiger partial charge >= 0.3 is 0 Å². The van der Waals surface area contributed by atoms with Crippen LogP contribution in [0.1, 0.15) is 41.0 Å². The minimum absolute atomic E-state index is 0.0687. The smallest absolute Gasteiger partial charge is 0.261 e. The molecule has 0 saturated carbocycles. The van der Waals surface area contributed by atoms with E-state index in [-0.39, 0.29) is 11.9 Å². The zero-order chi connectivity index (χ0) is 16.7. The van der Waals surface area contributed by atoms with Crippen LogP contribution in [0, 0.1) is 11.8 Å². The molecule has 0 unspecified atom stereocenters. The van der Waals surface area contributed by atoms with E-state index in [0.717, 1.165) is 0 Å². The highest BCUT2D eigenvalue weighted by Crippen LogP contribution is 2.27. The first-order chi connectivity index (χ1) is 10.4. The van der Waals surface area contributed by atoms with Gasteiger partial charge in [0.15, 0.2) is 17.6 Å². The first kappa shape index (κ1) is 18.3. The number of para-hydroxylation sites is 2. The number of hydrogen-bond acceptors (Lipinski definition) is 3. The van der Waals surface area contributed by atoms with Crippen LogP contribution in [0.5, 0.6) is 11.5 Å². The minimum atomic E-state index is -0.517. The molecule has 0 bridgehead atoms. The van der Waals surface area contributed by atoms with Gasteiger partial charge in [-0.05, 0) is 30.4 Å². The monoisotopic (exact) mass is 307 g/mol.